The third-order valence-corrected chi connectivity index (χ3v) is 9.60. The highest BCUT2D eigenvalue weighted by Gasteiger charge is 2.39. The summed E-state index contributed by atoms with van der Waals surface area (Å²) in [4.78, 5) is 26.7. The summed E-state index contributed by atoms with van der Waals surface area (Å²) < 4.78 is 34.1. The van der Waals surface area contributed by atoms with Crippen LogP contribution in [0.1, 0.15) is 43.7 Å². The van der Waals surface area contributed by atoms with Crippen molar-refractivity contribution < 1.29 is 17.9 Å². The van der Waals surface area contributed by atoms with Gasteiger partial charge < -0.3 is 20.2 Å². The van der Waals surface area contributed by atoms with Crippen LogP contribution in [0.25, 0.3) is 0 Å². The molecule has 2 unspecified atom stereocenters. The lowest BCUT2D eigenvalue weighted by molar-refractivity contribution is 0.158. The van der Waals surface area contributed by atoms with Gasteiger partial charge in [0.15, 0.2) is 5.75 Å². The first-order valence-electron chi connectivity index (χ1n) is 12.3. The molecule has 2 aliphatic heterocycles. The Bertz CT molecular complexity index is 1510. The van der Waals surface area contributed by atoms with E-state index in [0.717, 1.165) is 19.4 Å². The molecule has 5 rings (SSSR count). The van der Waals surface area contributed by atoms with Crippen LogP contribution in [0.2, 0.25) is 5.02 Å². The maximum Gasteiger partial charge on any atom is 0.253 e. The van der Waals surface area contributed by atoms with Crippen LogP contribution < -0.4 is 21.5 Å². The van der Waals surface area contributed by atoms with Crippen molar-refractivity contribution >= 4 is 38.7 Å². The van der Waals surface area contributed by atoms with Crippen molar-refractivity contribution in [1.82, 2.24) is 9.21 Å². The number of rotatable bonds is 8. The normalized spacial score (nSPS) is 19.7. The number of hydrogen-bond donors (Lipinski definition) is 3. The number of sulfonamides is 1. The number of fused-ring (bicyclic) bond motifs is 1. The number of benzene rings is 1. The molecule has 2 saturated heterocycles. The van der Waals surface area contributed by atoms with Gasteiger partial charge in [-0.1, -0.05) is 18.5 Å². The molecule has 10 nitrogen and oxygen atoms in total. The number of piperazine rings is 1. The standard InChI is InChI=1S/C25H29ClN4O6S/c1-3-17(19-9-6-14(2)36-19)27-20-21(24(33)23(20)32)28-18-8-7-16(26)25(22(18)31)37(34,35)30-12-11-29-10-4-5-15(29)13-30/h6-9,15,17,27-28,31H,3-5,10-13H2,1-2H3. The molecule has 2 fully saturated rings. The summed E-state index contributed by atoms with van der Waals surface area (Å²) in [6, 6.07) is 6.11. The molecule has 2 aliphatic rings. The fourth-order valence-electron chi connectivity index (χ4n) is 5.18. The minimum absolute atomic E-state index is 0.0421. The first-order valence-corrected chi connectivity index (χ1v) is 14.1. The van der Waals surface area contributed by atoms with Gasteiger partial charge in [-0.25, -0.2) is 8.42 Å². The van der Waals surface area contributed by atoms with Crippen LogP contribution in [0.5, 0.6) is 5.75 Å². The van der Waals surface area contributed by atoms with Gasteiger partial charge in [-0.15, -0.1) is 0 Å². The van der Waals surface area contributed by atoms with Gasteiger partial charge >= 0.3 is 0 Å². The van der Waals surface area contributed by atoms with E-state index in [-0.39, 0.29) is 34.2 Å². The molecule has 12 heteroatoms. The van der Waals surface area contributed by atoms with E-state index in [1.54, 1.807) is 12.1 Å². The number of hydrogen-bond acceptors (Lipinski definition) is 9. The second kappa shape index (κ2) is 9.79. The molecule has 0 aliphatic carbocycles. The summed E-state index contributed by atoms with van der Waals surface area (Å²) >= 11 is 6.28. The quantitative estimate of drug-likeness (QED) is 0.286. The van der Waals surface area contributed by atoms with Crippen LogP contribution in [-0.2, 0) is 10.0 Å². The highest BCUT2D eigenvalue weighted by atomic mass is 35.5. The van der Waals surface area contributed by atoms with Crippen LogP contribution >= 0.6 is 11.6 Å². The molecule has 0 bridgehead atoms. The zero-order valence-corrected chi connectivity index (χ0v) is 22.2. The summed E-state index contributed by atoms with van der Waals surface area (Å²) in [5.74, 6) is 0.728. The number of nitrogens with one attached hydrogen (secondary N) is 2. The molecule has 2 aromatic carbocycles. The number of nitrogens with zero attached hydrogens (tertiary/aromatic N) is 2. The molecule has 3 heterocycles. The van der Waals surface area contributed by atoms with Crippen LogP contribution in [-0.4, -0.2) is 55.0 Å². The van der Waals surface area contributed by atoms with E-state index >= 15 is 0 Å². The molecule has 198 valence electrons. The van der Waals surface area contributed by atoms with E-state index in [4.69, 9.17) is 16.0 Å². The van der Waals surface area contributed by atoms with Gasteiger partial charge in [0.1, 0.15) is 27.8 Å². The molecule has 0 saturated carbocycles. The lowest BCUT2D eigenvalue weighted by Gasteiger charge is -2.36. The number of furan rings is 1. The van der Waals surface area contributed by atoms with E-state index in [1.165, 1.54) is 16.4 Å². The molecule has 37 heavy (non-hydrogen) atoms. The lowest BCUT2D eigenvalue weighted by atomic mass is 10.1. The predicted octanol–water partition coefficient (Wildman–Crippen LogP) is 3.32. The van der Waals surface area contributed by atoms with Crippen molar-refractivity contribution in [3.05, 3.63) is 61.3 Å². The van der Waals surface area contributed by atoms with Gasteiger partial charge in [-0.2, -0.15) is 4.31 Å². The average molecular weight is 549 g/mol. The van der Waals surface area contributed by atoms with Crippen LogP contribution in [0, 0.1) is 6.92 Å². The minimum Gasteiger partial charge on any atom is -0.504 e. The van der Waals surface area contributed by atoms with Crippen LogP contribution in [0.3, 0.4) is 0 Å². The van der Waals surface area contributed by atoms with Gasteiger partial charge in [0.25, 0.3) is 10.9 Å². The minimum atomic E-state index is -4.11. The Morgan fingerprint density at radius 3 is 2.59 bits per heavy atom. The van der Waals surface area contributed by atoms with Gasteiger partial charge in [-0.05, 0) is 57.0 Å². The smallest absolute Gasteiger partial charge is 0.253 e. The highest BCUT2D eigenvalue weighted by Crippen LogP contribution is 2.41. The zero-order chi connectivity index (χ0) is 26.5. The van der Waals surface area contributed by atoms with Crippen molar-refractivity contribution in [3.8, 4) is 5.75 Å². The largest absolute Gasteiger partial charge is 0.504 e. The van der Waals surface area contributed by atoms with Crippen molar-refractivity contribution in [2.45, 2.75) is 50.1 Å². The summed E-state index contributed by atoms with van der Waals surface area (Å²) in [5, 5.41) is 16.7. The van der Waals surface area contributed by atoms with Crippen molar-refractivity contribution in [2.24, 2.45) is 0 Å². The second-order valence-electron chi connectivity index (χ2n) is 9.55. The number of halogens is 1. The third-order valence-electron chi connectivity index (χ3n) is 7.23. The zero-order valence-electron chi connectivity index (χ0n) is 20.6. The molecule has 0 spiro atoms. The maximum absolute atomic E-state index is 13.5. The Labute approximate surface area is 219 Å². The molecule has 0 amide bonds. The predicted molar refractivity (Wildman–Crippen MR) is 141 cm³/mol. The average Bonchev–Trinajstić information content (AvgIpc) is 3.52. The van der Waals surface area contributed by atoms with E-state index in [2.05, 4.69) is 15.5 Å². The summed E-state index contributed by atoms with van der Waals surface area (Å²) in [7, 11) is -4.11. The summed E-state index contributed by atoms with van der Waals surface area (Å²) in [6.07, 6.45) is 2.53. The van der Waals surface area contributed by atoms with Crippen molar-refractivity contribution in [1.29, 1.82) is 0 Å². The van der Waals surface area contributed by atoms with Gasteiger partial charge in [0.05, 0.1) is 16.8 Å². The number of anilines is 3. The number of aryl methyl sites for hydroxylation is 1. The summed E-state index contributed by atoms with van der Waals surface area (Å²) in [6.45, 7) is 5.91. The fourth-order valence-corrected chi connectivity index (χ4v) is 7.24. The third kappa shape index (κ3) is 4.54. The van der Waals surface area contributed by atoms with Gasteiger partial charge in [0, 0.05) is 25.7 Å². The van der Waals surface area contributed by atoms with Crippen molar-refractivity contribution in [2.75, 3.05) is 36.8 Å². The van der Waals surface area contributed by atoms with E-state index in [1.807, 2.05) is 13.8 Å². The Kier molecular flexibility index (Phi) is 6.82. The second-order valence-corrected chi connectivity index (χ2v) is 11.8. The maximum atomic E-state index is 13.5. The number of aromatic hydroxyl groups is 1. The van der Waals surface area contributed by atoms with Gasteiger partial charge in [0.2, 0.25) is 10.0 Å². The first-order chi connectivity index (χ1) is 17.6. The SMILES string of the molecule is CCC(Nc1c(Nc2ccc(Cl)c(S(=O)(=O)N3CCN4CCCC4C3)c2O)c(=O)c1=O)c1ccc(C)o1. The topological polar surface area (TPSA) is 132 Å². The monoisotopic (exact) mass is 548 g/mol. The molecule has 3 aromatic rings. The number of phenolic OH excluding ortho intramolecular Hbond substituents is 1. The van der Waals surface area contributed by atoms with Crippen LogP contribution in [0.15, 0.2) is 43.2 Å². The Balaban J connectivity index is 1.43. The molecule has 2 atom stereocenters. The first kappa shape index (κ1) is 25.8. The Morgan fingerprint density at radius 1 is 1.14 bits per heavy atom. The summed E-state index contributed by atoms with van der Waals surface area (Å²) in [5.41, 5.74) is -1.54. The van der Waals surface area contributed by atoms with E-state index in [9.17, 15) is 23.1 Å². The molecule has 1 aromatic heterocycles. The molecule has 3 N–H and O–H groups in total. The lowest BCUT2D eigenvalue weighted by Crippen LogP contribution is -2.51. The molecular weight excluding hydrogens is 520 g/mol. The number of phenols is 1. The van der Waals surface area contributed by atoms with Crippen LogP contribution in [0.4, 0.5) is 17.1 Å². The fraction of sp³-hybridized carbons (Fsp3) is 0.440. The van der Waals surface area contributed by atoms with E-state index < -0.39 is 31.5 Å². The van der Waals surface area contributed by atoms with E-state index in [0.29, 0.717) is 37.6 Å². The molecular formula is C25H29ClN4O6S. The highest BCUT2D eigenvalue weighted by molar-refractivity contribution is 7.89. The van der Waals surface area contributed by atoms with Gasteiger partial charge in [-0.3, -0.25) is 14.5 Å². The van der Waals surface area contributed by atoms with Crippen molar-refractivity contribution in [3.63, 3.8) is 0 Å². The molecule has 0 radical (unpaired) electrons. The Hall–Kier alpha value is -2.86. The Morgan fingerprint density at radius 2 is 1.89 bits per heavy atom.